The van der Waals surface area contributed by atoms with Crippen molar-refractivity contribution >= 4 is 23.8 Å². The van der Waals surface area contributed by atoms with Crippen LogP contribution in [0.1, 0.15) is 37.8 Å². The number of benzene rings is 4. The third kappa shape index (κ3) is 8.94. The Balaban J connectivity index is 1.33. The summed E-state index contributed by atoms with van der Waals surface area (Å²) < 4.78 is 16.9. The van der Waals surface area contributed by atoms with E-state index in [4.69, 9.17) is 14.2 Å². The Hall–Kier alpha value is -5.64. The summed E-state index contributed by atoms with van der Waals surface area (Å²) in [5.74, 6) is -5.57. The Kier molecular flexibility index (Phi) is 12.5. The van der Waals surface area contributed by atoms with Gasteiger partial charge in [-0.1, -0.05) is 74.5 Å². The fraction of sp³-hybridized carbons (Fsp3) is 0.317. The quantitative estimate of drug-likeness (QED) is 0.123. The van der Waals surface area contributed by atoms with Gasteiger partial charge in [-0.2, -0.15) is 0 Å². The second kappa shape index (κ2) is 17.3. The molecule has 266 valence electrons. The van der Waals surface area contributed by atoms with Crippen molar-refractivity contribution in [2.24, 2.45) is 23.7 Å². The number of amides is 2. The zero-order valence-corrected chi connectivity index (χ0v) is 29.1. The Labute approximate surface area is 298 Å². The zero-order chi connectivity index (χ0) is 36.3. The molecule has 2 atom stereocenters. The number of methoxy groups -OCH3 is 1. The summed E-state index contributed by atoms with van der Waals surface area (Å²) in [6, 6.07) is 33.3. The van der Waals surface area contributed by atoms with E-state index in [2.05, 4.69) is 0 Å². The van der Waals surface area contributed by atoms with Crippen molar-refractivity contribution in [3.63, 3.8) is 0 Å². The second-order valence-electron chi connectivity index (χ2n) is 12.6. The lowest BCUT2D eigenvalue weighted by Gasteiger charge is -2.48. The standard InChI is InChI=1S/C41H44N2O8/c1-4-24-42(26-28-16-20-32(21-17-28)50-30-12-8-6-9-13-30)38(44)34-36(40(46)47)35(37(34)41(48)49-3)39(45)43(25-5-2)27-29-18-22-33(23-19-29)51-31-14-10-7-11-15-31/h6-23,34-37H,4-5,24-27H2,1-3H3,(H,46,47)/t34-,35-,36?,37?/m1/s1. The van der Waals surface area contributed by atoms with Gasteiger partial charge in [0.25, 0.3) is 0 Å². The summed E-state index contributed by atoms with van der Waals surface area (Å²) in [5.41, 5.74) is 1.61. The molecule has 0 radical (unpaired) electrons. The molecule has 10 nitrogen and oxygen atoms in total. The predicted molar refractivity (Wildman–Crippen MR) is 191 cm³/mol. The topological polar surface area (TPSA) is 123 Å². The van der Waals surface area contributed by atoms with Gasteiger partial charge in [-0.15, -0.1) is 0 Å². The molecule has 5 rings (SSSR count). The Morgan fingerprint density at radius 3 is 1.25 bits per heavy atom. The Bertz CT molecular complexity index is 1650. The fourth-order valence-corrected chi connectivity index (χ4v) is 6.61. The summed E-state index contributed by atoms with van der Waals surface area (Å²) in [6.07, 6.45) is 1.21. The molecule has 51 heavy (non-hydrogen) atoms. The average Bonchev–Trinajstić information content (AvgIpc) is 3.13. The smallest absolute Gasteiger partial charge is 0.310 e. The van der Waals surface area contributed by atoms with Crippen LogP contribution in [0, 0.1) is 23.7 Å². The Morgan fingerprint density at radius 2 is 0.922 bits per heavy atom. The van der Waals surface area contributed by atoms with E-state index in [1.807, 2.05) is 98.8 Å². The molecule has 0 heterocycles. The van der Waals surface area contributed by atoms with Crippen molar-refractivity contribution in [3.05, 3.63) is 120 Å². The molecule has 1 aliphatic rings. The molecule has 1 fully saturated rings. The molecule has 1 N–H and O–H groups in total. The summed E-state index contributed by atoms with van der Waals surface area (Å²) >= 11 is 0. The minimum atomic E-state index is -1.39. The lowest BCUT2D eigenvalue weighted by atomic mass is 9.55. The van der Waals surface area contributed by atoms with E-state index in [1.54, 1.807) is 34.1 Å². The van der Waals surface area contributed by atoms with Crippen LogP contribution in [0.25, 0.3) is 0 Å². The number of carbonyl (C=O) groups is 4. The first kappa shape index (κ1) is 36.6. The van der Waals surface area contributed by atoms with Gasteiger partial charge in [0, 0.05) is 26.2 Å². The maximum absolute atomic E-state index is 14.2. The van der Waals surface area contributed by atoms with Gasteiger partial charge in [0.2, 0.25) is 11.8 Å². The molecule has 10 heteroatoms. The third-order valence-corrected chi connectivity index (χ3v) is 9.04. The van der Waals surface area contributed by atoms with Crippen LogP contribution in [0.4, 0.5) is 0 Å². The van der Waals surface area contributed by atoms with E-state index in [1.165, 1.54) is 7.11 Å². The normalized spacial score (nSPS) is 17.8. The number of carbonyl (C=O) groups excluding carboxylic acids is 3. The van der Waals surface area contributed by atoms with Crippen molar-refractivity contribution in [3.8, 4) is 23.0 Å². The first-order chi connectivity index (χ1) is 24.7. The van der Waals surface area contributed by atoms with E-state index in [9.17, 15) is 24.3 Å². The maximum Gasteiger partial charge on any atom is 0.310 e. The summed E-state index contributed by atoms with van der Waals surface area (Å²) in [4.78, 5) is 57.6. The van der Waals surface area contributed by atoms with Gasteiger partial charge in [-0.05, 0) is 72.5 Å². The van der Waals surface area contributed by atoms with Crippen LogP contribution in [-0.2, 0) is 37.0 Å². The SMILES string of the molecule is CCCN(Cc1ccc(Oc2ccccc2)cc1)C(=O)[C@@H]1C(C(=O)O)[C@@H](C(=O)N(CCC)Cc2ccc(Oc3ccccc3)cc2)C1C(=O)OC. The molecular weight excluding hydrogens is 648 g/mol. The van der Waals surface area contributed by atoms with Crippen LogP contribution >= 0.6 is 0 Å². The predicted octanol–water partition coefficient (Wildman–Crippen LogP) is 7.18. The molecule has 2 amide bonds. The molecule has 0 unspecified atom stereocenters. The lowest BCUT2D eigenvalue weighted by Crippen LogP contribution is -2.64. The molecule has 0 bridgehead atoms. The van der Waals surface area contributed by atoms with Crippen LogP contribution in [0.15, 0.2) is 109 Å². The first-order valence-corrected chi connectivity index (χ1v) is 17.3. The van der Waals surface area contributed by atoms with Crippen molar-refractivity contribution in [1.29, 1.82) is 0 Å². The number of hydrogen-bond donors (Lipinski definition) is 1. The van der Waals surface area contributed by atoms with E-state index in [0.717, 1.165) is 11.1 Å². The number of rotatable bonds is 16. The number of aliphatic carboxylic acids is 1. The number of hydrogen-bond acceptors (Lipinski definition) is 7. The molecule has 1 aliphatic carbocycles. The average molecular weight is 693 g/mol. The monoisotopic (exact) mass is 692 g/mol. The van der Waals surface area contributed by atoms with Crippen LogP contribution in [0.5, 0.6) is 23.0 Å². The van der Waals surface area contributed by atoms with Crippen molar-refractivity contribution in [2.75, 3.05) is 20.2 Å². The van der Waals surface area contributed by atoms with Crippen molar-refractivity contribution < 1.29 is 38.5 Å². The highest BCUT2D eigenvalue weighted by Crippen LogP contribution is 2.49. The number of esters is 1. The van der Waals surface area contributed by atoms with Gasteiger partial charge >= 0.3 is 11.9 Å². The molecular formula is C41H44N2O8. The van der Waals surface area contributed by atoms with Crippen molar-refractivity contribution in [2.45, 2.75) is 39.8 Å². The number of nitrogens with zero attached hydrogens (tertiary/aromatic N) is 2. The van der Waals surface area contributed by atoms with Gasteiger partial charge in [-0.3, -0.25) is 19.2 Å². The fourth-order valence-electron chi connectivity index (χ4n) is 6.61. The van der Waals surface area contributed by atoms with Gasteiger partial charge < -0.3 is 29.1 Å². The van der Waals surface area contributed by atoms with Crippen LogP contribution in [-0.4, -0.2) is 58.9 Å². The summed E-state index contributed by atoms with van der Waals surface area (Å²) in [6.45, 7) is 4.89. The minimum Gasteiger partial charge on any atom is -0.481 e. The second-order valence-corrected chi connectivity index (χ2v) is 12.6. The highest BCUT2D eigenvalue weighted by atomic mass is 16.5. The largest absolute Gasteiger partial charge is 0.481 e. The van der Waals surface area contributed by atoms with E-state index < -0.39 is 47.4 Å². The first-order valence-electron chi connectivity index (χ1n) is 17.3. The Morgan fingerprint density at radius 1 is 0.549 bits per heavy atom. The van der Waals surface area contributed by atoms with E-state index in [-0.39, 0.29) is 13.1 Å². The van der Waals surface area contributed by atoms with E-state index >= 15 is 0 Å². The van der Waals surface area contributed by atoms with Crippen LogP contribution in [0.3, 0.4) is 0 Å². The highest BCUT2D eigenvalue weighted by Gasteiger charge is 2.65. The van der Waals surface area contributed by atoms with Crippen LogP contribution in [0.2, 0.25) is 0 Å². The number of ether oxygens (including phenoxy) is 3. The maximum atomic E-state index is 14.2. The molecule has 1 saturated carbocycles. The molecule has 4 aromatic carbocycles. The van der Waals surface area contributed by atoms with Crippen molar-refractivity contribution in [1.82, 2.24) is 9.80 Å². The lowest BCUT2D eigenvalue weighted by molar-refractivity contribution is -0.189. The summed E-state index contributed by atoms with van der Waals surface area (Å²) in [5, 5.41) is 10.4. The third-order valence-electron chi connectivity index (χ3n) is 9.04. The zero-order valence-electron chi connectivity index (χ0n) is 29.1. The highest BCUT2D eigenvalue weighted by molar-refractivity contribution is 6.00. The number of carboxylic acids is 1. The molecule has 0 aliphatic heterocycles. The molecule has 0 saturated heterocycles. The molecule has 4 aromatic rings. The number of carboxylic acid groups (broad SMARTS) is 1. The minimum absolute atomic E-state index is 0.194. The molecule has 0 spiro atoms. The van der Waals surface area contributed by atoms with Crippen LogP contribution < -0.4 is 9.47 Å². The van der Waals surface area contributed by atoms with Gasteiger partial charge in [0.1, 0.15) is 23.0 Å². The van der Waals surface area contributed by atoms with E-state index in [0.29, 0.717) is 48.9 Å². The van der Waals surface area contributed by atoms with Gasteiger partial charge in [-0.25, -0.2) is 0 Å². The molecule has 0 aromatic heterocycles. The number of para-hydroxylation sites is 2. The summed E-state index contributed by atoms with van der Waals surface area (Å²) in [7, 11) is 1.19. The van der Waals surface area contributed by atoms with Gasteiger partial charge in [0.15, 0.2) is 0 Å². The van der Waals surface area contributed by atoms with Gasteiger partial charge in [0.05, 0.1) is 30.8 Å².